The number of methoxy groups -OCH3 is 2. The van der Waals surface area contributed by atoms with E-state index in [4.69, 9.17) is 13.9 Å². The molecule has 1 fully saturated rings. The highest BCUT2D eigenvalue weighted by Gasteiger charge is 2.49. The molecule has 1 saturated carbocycles. The van der Waals surface area contributed by atoms with Gasteiger partial charge in [0.2, 0.25) is 0 Å². The molecule has 1 unspecified atom stereocenters. The Bertz CT molecular complexity index is 1170. The second-order valence-electron chi connectivity index (χ2n) is 7.97. The first-order chi connectivity index (χ1) is 14.9. The second-order valence-corrected chi connectivity index (χ2v) is 7.97. The van der Waals surface area contributed by atoms with E-state index in [2.05, 4.69) is 11.4 Å². The fourth-order valence-electron chi connectivity index (χ4n) is 4.46. The van der Waals surface area contributed by atoms with E-state index in [0.29, 0.717) is 11.4 Å². The number of carbonyl (C=O) groups is 1. The Morgan fingerprint density at radius 1 is 1.29 bits per heavy atom. The molecule has 0 spiro atoms. The third kappa shape index (κ3) is 3.45. The minimum Gasteiger partial charge on any atom is -0.497 e. The molecule has 1 aromatic carbocycles. The SMILES string of the molecule is COC(=O)C1(O)CC(C#N)=C(NC2CCCCC2)c2oc3cc(OC)ccc3c(=O)c21. The molecular weight excluding hydrogens is 400 g/mol. The minimum atomic E-state index is -2.32. The summed E-state index contributed by atoms with van der Waals surface area (Å²) in [6.07, 6.45) is 4.75. The van der Waals surface area contributed by atoms with Crippen molar-refractivity contribution in [2.24, 2.45) is 0 Å². The topological polar surface area (TPSA) is 122 Å². The van der Waals surface area contributed by atoms with Crippen LogP contribution in [0.3, 0.4) is 0 Å². The molecule has 1 aromatic heterocycles. The van der Waals surface area contributed by atoms with E-state index in [-0.39, 0.29) is 40.3 Å². The molecule has 162 valence electrons. The predicted molar refractivity (Wildman–Crippen MR) is 112 cm³/mol. The van der Waals surface area contributed by atoms with Gasteiger partial charge in [-0.15, -0.1) is 0 Å². The molecule has 0 aliphatic heterocycles. The van der Waals surface area contributed by atoms with Crippen LogP contribution in [0.4, 0.5) is 0 Å². The first kappa shape index (κ1) is 20.9. The Balaban J connectivity index is 1.99. The van der Waals surface area contributed by atoms with Crippen molar-refractivity contribution in [3.63, 3.8) is 0 Å². The second kappa shape index (κ2) is 8.08. The zero-order valence-electron chi connectivity index (χ0n) is 17.5. The summed E-state index contributed by atoms with van der Waals surface area (Å²) in [7, 11) is 2.62. The number of aliphatic hydroxyl groups is 1. The molecule has 0 radical (unpaired) electrons. The molecule has 0 bridgehead atoms. The molecule has 1 heterocycles. The maximum absolute atomic E-state index is 13.4. The zero-order valence-corrected chi connectivity index (χ0v) is 17.5. The van der Waals surface area contributed by atoms with Gasteiger partial charge in [0.25, 0.3) is 0 Å². The lowest BCUT2D eigenvalue weighted by Crippen LogP contribution is -2.45. The first-order valence-corrected chi connectivity index (χ1v) is 10.3. The van der Waals surface area contributed by atoms with E-state index in [1.54, 1.807) is 12.1 Å². The lowest BCUT2D eigenvalue weighted by atomic mass is 9.79. The van der Waals surface area contributed by atoms with E-state index in [1.165, 1.54) is 13.2 Å². The molecule has 4 rings (SSSR count). The molecule has 2 aromatic rings. The fraction of sp³-hybridized carbons (Fsp3) is 0.435. The predicted octanol–water partition coefficient (Wildman–Crippen LogP) is 2.72. The molecule has 0 amide bonds. The number of esters is 1. The maximum Gasteiger partial charge on any atom is 0.343 e. The summed E-state index contributed by atoms with van der Waals surface area (Å²) in [6.45, 7) is 0. The molecule has 0 saturated heterocycles. The molecule has 2 aliphatic rings. The smallest absolute Gasteiger partial charge is 0.343 e. The van der Waals surface area contributed by atoms with Gasteiger partial charge >= 0.3 is 5.97 Å². The summed E-state index contributed by atoms with van der Waals surface area (Å²) in [5, 5.41) is 24.7. The number of hydrogen-bond acceptors (Lipinski definition) is 8. The van der Waals surface area contributed by atoms with Crippen molar-refractivity contribution in [2.75, 3.05) is 14.2 Å². The molecule has 2 N–H and O–H groups in total. The Kier molecular flexibility index (Phi) is 5.46. The van der Waals surface area contributed by atoms with E-state index in [9.17, 15) is 20.0 Å². The van der Waals surface area contributed by atoms with E-state index >= 15 is 0 Å². The maximum atomic E-state index is 13.4. The van der Waals surface area contributed by atoms with Crippen LogP contribution in [-0.4, -0.2) is 31.3 Å². The zero-order chi connectivity index (χ0) is 22.2. The standard InChI is InChI=1S/C23H24N2O6/c1-29-15-8-9-16-17(10-15)31-21-18(20(16)26)23(28,22(27)30-2)11-13(12-24)19(21)25-14-6-4-3-5-7-14/h8-10,14,25,28H,3-7,11H2,1-2H3. The number of nitrogens with one attached hydrogen (secondary N) is 1. The average Bonchev–Trinajstić information content (AvgIpc) is 2.80. The van der Waals surface area contributed by atoms with Crippen LogP contribution in [0.25, 0.3) is 16.7 Å². The van der Waals surface area contributed by atoms with Gasteiger partial charge in [0.05, 0.1) is 42.5 Å². The first-order valence-electron chi connectivity index (χ1n) is 10.3. The van der Waals surface area contributed by atoms with Crippen LogP contribution in [0.1, 0.15) is 49.8 Å². The normalized spacial score (nSPS) is 21.4. The van der Waals surface area contributed by atoms with Crippen LogP contribution in [0.5, 0.6) is 5.75 Å². The molecule has 8 heteroatoms. The summed E-state index contributed by atoms with van der Waals surface area (Å²) in [5.74, 6) is -0.536. The van der Waals surface area contributed by atoms with Crippen LogP contribution in [0.2, 0.25) is 0 Å². The molecule has 2 aliphatic carbocycles. The highest BCUT2D eigenvalue weighted by Crippen LogP contribution is 2.41. The van der Waals surface area contributed by atoms with E-state index in [1.807, 2.05) is 0 Å². The van der Waals surface area contributed by atoms with E-state index in [0.717, 1.165) is 39.2 Å². The monoisotopic (exact) mass is 424 g/mol. The summed E-state index contributed by atoms with van der Waals surface area (Å²) in [6, 6.07) is 6.87. The molecular formula is C23H24N2O6. The van der Waals surface area contributed by atoms with Crippen LogP contribution < -0.4 is 15.5 Å². The van der Waals surface area contributed by atoms with Crippen LogP contribution >= 0.6 is 0 Å². The Hall–Kier alpha value is -3.31. The number of hydrogen-bond donors (Lipinski definition) is 2. The molecule has 1 atom stereocenters. The van der Waals surface area contributed by atoms with Gasteiger partial charge in [-0.25, -0.2) is 4.79 Å². The summed E-state index contributed by atoms with van der Waals surface area (Å²) >= 11 is 0. The quantitative estimate of drug-likeness (QED) is 0.719. The Labute approximate surface area is 179 Å². The van der Waals surface area contributed by atoms with Crippen molar-refractivity contribution >= 4 is 22.6 Å². The van der Waals surface area contributed by atoms with Crippen LogP contribution in [-0.2, 0) is 15.1 Å². The lowest BCUT2D eigenvalue weighted by molar-refractivity contribution is -0.163. The van der Waals surface area contributed by atoms with Crippen molar-refractivity contribution in [3.05, 3.63) is 45.3 Å². The fourth-order valence-corrected chi connectivity index (χ4v) is 4.46. The molecule has 31 heavy (non-hydrogen) atoms. The molecule has 8 nitrogen and oxygen atoms in total. The number of nitrogens with zero attached hydrogens (tertiary/aromatic N) is 1. The van der Waals surface area contributed by atoms with Crippen molar-refractivity contribution in [1.29, 1.82) is 5.26 Å². The van der Waals surface area contributed by atoms with Crippen molar-refractivity contribution in [2.45, 2.75) is 50.2 Å². The summed E-state index contributed by atoms with van der Waals surface area (Å²) in [5.41, 5.74) is -2.36. The summed E-state index contributed by atoms with van der Waals surface area (Å²) in [4.78, 5) is 26.0. The Morgan fingerprint density at radius 3 is 2.68 bits per heavy atom. The largest absolute Gasteiger partial charge is 0.497 e. The highest BCUT2D eigenvalue weighted by atomic mass is 16.5. The lowest BCUT2D eigenvalue weighted by Gasteiger charge is -2.34. The number of benzene rings is 1. The van der Waals surface area contributed by atoms with E-state index < -0.39 is 17.0 Å². The summed E-state index contributed by atoms with van der Waals surface area (Å²) < 4.78 is 16.1. The van der Waals surface area contributed by atoms with Gasteiger partial charge in [-0.2, -0.15) is 5.26 Å². The Morgan fingerprint density at radius 2 is 2.03 bits per heavy atom. The van der Waals surface area contributed by atoms with Crippen molar-refractivity contribution in [3.8, 4) is 11.8 Å². The number of carbonyl (C=O) groups excluding carboxylic acids is 1. The third-order valence-corrected chi connectivity index (χ3v) is 6.09. The van der Waals surface area contributed by atoms with Crippen LogP contribution in [0.15, 0.2) is 33.0 Å². The third-order valence-electron chi connectivity index (χ3n) is 6.09. The number of rotatable bonds is 4. The van der Waals surface area contributed by atoms with Crippen LogP contribution in [0, 0.1) is 11.3 Å². The van der Waals surface area contributed by atoms with Crippen molar-refractivity contribution < 1.29 is 23.8 Å². The van der Waals surface area contributed by atoms with Gasteiger partial charge in [0.1, 0.15) is 11.3 Å². The van der Waals surface area contributed by atoms with Gasteiger partial charge in [-0.05, 0) is 25.0 Å². The van der Waals surface area contributed by atoms with Gasteiger partial charge in [0, 0.05) is 18.5 Å². The minimum absolute atomic E-state index is 0.00738. The highest BCUT2D eigenvalue weighted by molar-refractivity contribution is 5.90. The number of nitriles is 1. The van der Waals surface area contributed by atoms with Gasteiger partial charge in [-0.3, -0.25) is 4.79 Å². The van der Waals surface area contributed by atoms with Gasteiger partial charge in [-0.1, -0.05) is 19.3 Å². The van der Waals surface area contributed by atoms with Gasteiger partial charge < -0.3 is 24.3 Å². The number of fused-ring (bicyclic) bond motifs is 2. The van der Waals surface area contributed by atoms with Gasteiger partial charge in [0.15, 0.2) is 16.8 Å². The number of ether oxygens (including phenoxy) is 2. The van der Waals surface area contributed by atoms with Crippen molar-refractivity contribution in [1.82, 2.24) is 5.32 Å². The average molecular weight is 424 g/mol.